The molecule has 10 heteroatoms. The summed E-state index contributed by atoms with van der Waals surface area (Å²) >= 11 is 13.4. The van der Waals surface area contributed by atoms with Crippen molar-refractivity contribution in [1.82, 2.24) is 14.7 Å². The number of carbonyl (C=O) groups is 2. The number of carbonyl (C=O) groups excluding carboxylic acids is 2. The van der Waals surface area contributed by atoms with E-state index in [2.05, 4.69) is 0 Å². The lowest BCUT2D eigenvalue weighted by molar-refractivity contribution is -0.135. The molecule has 4 aliphatic rings. The SMILES string of the molecule is O=C(c1ccc(C2C=C(Cl)C(C[C@@H]3CCN(C4CCC(F)(F)CC4)C3=O)=C(Cl)C2)cc1)N1CCN(CCF)CC1. The molecule has 5 rings (SSSR count). The van der Waals surface area contributed by atoms with E-state index < -0.39 is 5.92 Å². The number of rotatable bonds is 7. The van der Waals surface area contributed by atoms with Crippen molar-refractivity contribution in [3.63, 3.8) is 0 Å². The summed E-state index contributed by atoms with van der Waals surface area (Å²) in [7, 11) is 0. The van der Waals surface area contributed by atoms with Gasteiger partial charge in [-0.3, -0.25) is 14.5 Å². The first-order chi connectivity index (χ1) is 19.1. The minimum Gasteiger partial charge on any atom is -0.339 e. The van der Waals surface area contributed by atoms with E-state index in [1.807, 2.05) is 40.1 Å². The number of piperazine rings is 1. The molecule has 40 heavy (non-hydrogen) atoms. The smallest absolute Gasteiger partial charge is 0.253 e. The van der Waals surface area contributed by atoms with Crippen molar-refractivity contribution < 1.29 is 22.8 Å². The molecule has 5 nitrogen and oxygen atoms in total. The van der Waals surface area contributed by atoms with Gasteiger partial charge in [-0.15, -0.1) is 0 Å². The Labute approximate surface area is 243 Å². The van der Waals surface area contributed by atoms with Crippen molar-refractivity contribution in [2.45, 2.75) is 62.8 Å². The third-order valence-electron chi connectivity index (χ3n) is 8.94. The molecule has 1 aromatic rings. The van der Waals surface area contributed by atoms with Gasteiger partial charge in [-0.1, -0.05) is 41.4 Å². The highest BCUT2D eigenvalue weighted by Gasteiger charge is 2.42. The molecule has 2 amide bonds. The zero-order valence-corrected chi connectivity index (χ0v) is 24.1. The van der Waals surface area contributed by atoms with Gasteiger partial charge in [0, 0.05) is 85.6 Å². The molecule has 2 saturated heterocycles. The predicted molar refractivity (Wildman–Crippen MR) is 151 cm³/mol. The van der Waals surface area contributed by atoms with Crippen LogP contribution in [-0.4, -0.2) is 84.4 Å². The van der Waals surface area contributed by atoms with E-state index in [0.717, 1.165) is 11.1 Å². The summed E-state index contributed by atoms with van der Waals surface area (Å²) in [5.41, 5.74) is 2.40. The van der Waals surface area contributed by atoms with Crippen LogP contribution in [0.2, 0.25) is 0 Å². The van der Waals surface area contributed by atoms with Gasteiger partial charge in [0.25, 0.3) is 5.91 Å². The van der Waals surface area contributed by atoms with Crippen molar-refractivity contribution in [3.05, 3.63) is 57.1 Å². The minimum absolute atomic E-state index is 0.0165. The molecule has 0 radical (unpaired) electrons. The normalized spacial score (nSPS) is 26.4. The summed E-state index contributed by atoms with van der Waals surface area (Å²) in [5.74, 6) is -2.91. The number of hydrogen-bond acceptors (Lipinski definition) is 3. The third kappa shape index (κ3) is 6.55. The Bertz CT molecular complexity index is 1160. The van der Waals surface area contributed by atoms with Crippen LogP contribution >= 0.6 is 23.2 Å². The molecule has 2 heterocycles. The third-order valence-corrected chi connectivity index (χ3v) is 9.67. The second kappa shape index (κ2) is 12.5. The van der Waals surface area contributed by atoms with E-state index >= 15 is 0 Å². The van der Waals surface area contributed by atoms with E-state index in [1.54, 1.807) is 4.90 Å². The molecule has 1 unspecified atom stereocenters. The van der Waals surface area contributed by atoms with Gasteiger partial charge in [0.15, 0.2) is 0 Å². The lowest BCUT2D eigenvalue weighted by atomic mass is 9.86. The van der Waals surface area contributed by atoms with Crippen LogP contribution in [0.15, 0.2) is 46.0 Å². The monoisotopic (exact) mass is 597 g/mol. The van der Waals surface area contributed by atoms with Crippen molar-refractivity contribution in [2.75, 3.05) is 45.9 Å². The molecule has 1 saturated carbocycles. The number of hydrogen-bond donors (Lipinski definition) is 0. The number of alkyl halides is 3. The number of nitrogens with zero attached hydrogens (tertiary/aromatic N) is 3. The first kappa shape index (κ1) is 29.5. The van der Waals surface area contributed by atoms with E-state index in [-0.39, 0.29) is 49.2 Å². The molecule has 218 valence electrons. The topological polar surface area (TPSA) is 43.9 Å². The van der Waals surface area contributed by atoms with Crippen LogP contribution in [0, 0.1) is 5.92 Å². The maximum Gasteiger partial charge on any atom is 0.253 e. The Morgan fingerprint density at radius 2 is 1.65 bits per heavy atom. The summed E-state index contributed by atoms with van der Waals surface area (Å²) in [6.45, 7) is 3.15. The van der Waals surface area contributed by atoms with E-state index in [4.69, 9.17) is 23.2 Å². The Kier molecular flexibility index (Phi) is 9.17. The van der Waals surface area contributed by atoms with E-state index in [1.165, 1.54) is 0 Å². The Morgan fingerprint density at radius 1 is 0.975 bits per heavy atom. The van der Waals surface area contributed by atoms with Gasteiger partial charge in [-0.05, 0) is 55.4 Å². The zero-order valence-electron chi connectivity index (χ0n) is 22.6. The first-order valence-corrected chi connectivity index (χ1v) is 15.0. The van der Waals surface area contributed by atoms with Crippen molar-refractivity contribution in [3.8, 4) is 0 Å². The maximum atomic E-state index is 13.6. The lowest BCUT2D eigenvalue weighted by Gasteiger charge is -2.34. The Balaban J connectivity index is 1.17. The fourth-order valence-electron chi connectivity index (χ4n) is 6.45. The van der Waals surface area contributed by atoms with Gasteiger partial charge >= 0.3 is 0 Å². The quantitative estimate of drug-likeness (QED) is 0.369. The Morgan fingerprint density at radius 3 is 2.27 bits per heavy atom. The molecule has 1 aromatic carbocycles. The molecule has 3 fully saturated rings. The largest absolute Gasteiger partial charge is 0.339 e. The van der Waals surface area contributed by atoms with Crippen LogP contribution in [0.5, 0.6) is 0 Å². The second-order valence-electron chi connectivity index (χ2n) is 11.5. The van der Waals surface area contributed by atoms with Gasteiger partial charge in [0.05, 0.1) is 0 Å². The molecule has 2 aliphatic carbocycles. The summed E-state index contributed by atoms with van der Waals surface area (Å²) in [6, 6.07) is 7.41. The van der Waals surface area contributed by atoms with Gasteiger partial charge in [0.1, 0.15) is 6.67 Å². The van der Waals surface area contributed by atoms with Crippen LogP contribution < -0.4 is 0 Å². The summed E-state index contributed by atoms with van der Waals surface area (Å²) in [5, 5.41) is 1.17. The second-order valence-corrected chi connectivity index (χ2v) is 12.3. The molecule has 2 atom stereocenters. The van der Waals surface area contributed by atoms with Crippen molar-refractivity contribution >= 4 is 35.0 Å². The van der Waals surface area contributed by atoms with Gasteiger partial charge in [-0.2, -0.15) is 0 Å². The summed E-state index contributed by atoms with van der Waals surface area (Å²) < 4.78 is 39.7. The predicted octanol–water partition coefficient (Wildman–Crippen LogP) is 6.33. The standard InChI is InChI=1S/C30H36Cl2F3N3O2/c31-26-18-23(20-1-3-21(4-2-20)28(39)37-15-13-36(12-10-33)14-16-37)19-27(32)25(26)17-22-7-11-38(29(22)40)24-5-8-30(34,35)9-6-24/h1-4,18,22-24H,5-17,19H2/t22-,23?/m0/s1. The van der Waals surface area contributed by atoms with Crippen LogP contribution in [-0.2, 0) is 4.79 Å². The number of halogens is 5. The minimum atomic E-state index is -2.61. The number of benzene rings is 1. The number of likely N-dealkylation sites (tertiary alicyclic amines) is 1. The Hall–Kier alpha value is -2.03. The van der Waals surface area contributed by atoms with Crippen LogP contribution in [0.4, 0.5) is 13.2 Å². The molecule has 0 aromatic heterocycles. The summed E-state index contributed by atoms with van der Waals surface area (Å²) in [4.78, 5) is 31.7. The van der Waals surface area contributed by atoms with E-state index in [0.29, 0.717) is 87.0 Å². The highest BCUT2D eigenvalue weighted by Crippen LogP contribution is 2.43. The van der Waals surface area contributed by atoms with Gasteiger partial charge in [0.2, 0.25) is 11.8 Å². The molecular weight excluding hydrogens is 562 g/mol. The van der Waals surface area contributed by atoms with Gasteiger partial charge in [-0.25, -0.2) is 13.2 Å². The summed E-state index contributed by atoms with van der Waals surface area (Å²) in [6.07, 6.45) is 4.01. The fourth-order valence-corrected chi connectivity index (χ4v) is 7.19. The van der Waals surface area contributed by atoms with Crippen LogP contribution in [0.1, 0.15) is 66.8 Å². The number of amides is 2. The highest BCUT2D eigenvalue weighted by atomic mass is 35.5. The maximum absolute atomic E-state index is 13.6. The van der Waals surface area contributed by atoms with Crippen molar-refractivity contribution in [1.29, 1.82) is 0 Å². The lowest BCUT2D eigenvalue weighted by Crippen LogP contribution is -2.49. The molecule has 0 spiro atoms. The fraction of sp³-hybridized carbons (Fsp3) is 0.600. The molecular formula is C30H36Cl2F3N3O2. The van der Waals surface area contributed by atoms with Gasteiger partial charge < -0.3 is 9.80 Å². The average molecular weight is 599 g/mol. The molecule has 0 N–H and O–H groups in total. The molecule has 0 bridgehead atoms. The highest BCUT2D eigenvalue weighted by molar-refractivity contribution is 6.36. The van der Waals surface area contributed by atoms with Crippen LogP contribution in [0.3, 0.4) is 0 Å². The average Bonchev–Trinajstić information content (AvgIpc) is 3.30. The zero-order chi connectivity index (χ0) is 28.4. The van der Waals surface area contributed by atoms with Crippen LogP contribution in [0.25, 0.3) is 0 Å². The van der Waals surface area contributed by atoms with Crippen molar-refractivity contribution in [2.24, 2.45) is 5.92 Å². The first-order valence-electron chi connectivity index (χ1n) is 14.3. The number of allylic oxidation sites excluding steroid dienone is 4. The van der Waals surface area contributed by atoms with E-state index in [9.17, 15) is 22.8 Å². The molecule has 2 aliphatic heterocycles.